The van der Waals surface area contributed by atoms with Crippen LogP contribution in [0.25, 0.3) is 0 Å². The van der Waals surface area contributed by atoms with Gasteiger partial charge in [-0.15, -0.1) is 0 Å². The van der Waals surface area contributed by atoms with E-state index >= 15 is 0 Å². The van der Waals surface area contributed by atoms with Crippen molar-refractivity contribution in [2.75, 3.05) is 26.9 Å². The molecule has 3 aromatic carbocycles. The maximum Gasteiger partial charge on any atom is 0.343 e. The third kappa shape index (κ3) is 12.0. The fourth-order valence-corrected chi connectivity index (χ4v) is 3.99. The van der Waals surface area contributed by atoms with Gasteiger partial charge in [-0.3, -0.25) is 4.79 Å². The molecule has 0 atom stereocenters. The van der Waals surface area contributed by atoms with Crippen molar-refractivity contribution in [1.29, 1.82) is 0 Å². The van der Waals surface area contributed by atoms with Crippen molar-refractivity contribution in [3.8, 4) is 28.7 Å². The zero-order valence-corrected chi connectivity index (χ0v) is 25.9. The summed E-state index contributed by atoms with van der Waals surface area (Å²) >= 11 is 0. The van der Waals surface area contributed by atoms with Gasteiger partial charge in [0.15, 0.2) is 17.3 Å². The van der Waals surface area contributed by atoms with E-state index in [1.165, 1.54) is 31.4 Å². The Balaban J connectivity index is 1.45. The van der Waals surface area contributed by atoms with Gasteiger partial charge >= 0.3 is 17.9 Å². The minimum absolute atomic E-state index is 0.0423. The first-order valence-corrected chi connectivity index (χ1v) is 14.9. The molecule has 0 radical (unpaired) electrons. The highest BCUT2D eigenvalue weighted by molar-refractivity contribution is 5.93. The molecular weight excluding hydrogens is 592 g/mol. The molecule has 242 valence electrons. The highest BCUT2D eigenvalue weighted by atomic mass is 16.6. The number of esters is 3. The molecule has 10 heteroatoms. The van der Waals surface area contributed by atoms with E-state index in [-0.39, 0.29) is 22.8 Å². The molecule has 0 saturated heterocycles. The molecule has 0 heterocycles. The van der Waals surface area contributed by atoms with E-state index < -0.39 is 17.9 Å². The second-order valence-corrected chi connectivity index (χ2v) is 9.90. The highest BCUT2D eigenvalue weighted by Gasteiger charge is 2.17. The van der Waals surface area contributed by atoms with E-state index in [1.54, 1.807) is 48.5 Å². The molecule has 3 rings (SSSR count). The first-order chi connectivity index (χ1) is 22.3. The van der Waals surface area contributed by atoms with Crippen LogP contribution in [0.15, 0.2) is 92.0 Å². The summed E-state index contributed by atoms with van der Waals surface area (Å²) in [5.74, 6) is 0.208. The third-order valence-electron chi connectivity index (χ3n) is 6.51. The van der Waals surface area contributed by atoms with E-state index in [4.69, 9.17) is 28.4 Å². The summed E-state index contributed by atoms with van der Waals surface area (Å²) in [5.41, 5.74) is 0.505. The number of benzene rings is 3. The summed E-state index contributed by atoms with van der Waals surface area (Å²) in [4.78, 5) is 47.8. The molecule has 0 unspecified atom stereocenters. The monoisotopic (exact) mass is 630 g/mol. The second-order valence-electron chi connectivity index (χ2n) is 9.90. The van der Waals surface area contributed by atoms with E-state index in [1.807, 2.05) is 0 Å². The number of carbonyl (C=O) groups excluding carboxylic acids is 4. The largest absolute Gasteiger partial charge is 0.494 e. The zero-order valence-electron chi connectivity index (χ0n) is 25.9. The first-order valence-electron chi connectivity index (χ1n) is 14.9. The van der Waals surface area contributed by atoms with Gasteiger partial charge in [-0.25, -0.2) is 14.4 Å². The number of carbonyl (C=O) groups is 4. The Kier molecular flexibility index (Phi) is 14.6. The standard InChI is InChI=1S/C36H38O10/c1-4-28(37)11-7-6-8-22-42-29-15-12-26(13-16-29)35(39)46-32-21-14-27(25-33(32)41-3)36(40)45-31-19-17-30(18-20-31)43-23-9-10-24-44-34(38)5-2/h4-5,12-21,25H,1-2,6-11,22-24H2,3H3. The molecule has 0 aliphatic heterocycles. The Bertz CT molecular complexity index is 1480. The van der Waals surface area contributed by atoms with Crippen LogP contribution in [0.5, 0.6) is 28.7 Å². The molecule has 0 saturated carbocycles. The van der Waals surface area contributed by atoms with Crippen LogP contribution >= 0.6 is 0 Å². The molecule has 0 aliphatic carbocycles. The quantitative estimate of drug-likeness (QED) is 0.0575. The fourth-order valence-electron chi connectivity index (χ4n) is 3.99. The average Bonchev–Trinajstić information content (AvgIpc) is 3.08. The smallest absolute Gasteiger partial charge is 0.343 e. The van der Waals surface area contributed by atoms with Gasteiger partial charge in [0, 0.05) is 12.5 Å². The predicted molar refractivity (Wildman–Crippen MR) is 171 cm³/mol. The van der Waals surface area contributed by atoms with Crippen molar-refractivity contribution in [1.82, 2.24) is 0 Å². The molecule has 0 spiro atoms. The molecule has 0 fully saturated rings. The van der Waals surface area contributed by atoms with Crippen molar-refractivity contribution >= 4 is 23.7 Å². The Morgan fingerprint density at radius 3 is 1.80 bits per heavy atom. The summed E-state index contributed by atoms with van der Waals surface area (Å²) in [6.07, 6.45) is 6.76. The Morgan fingerprint density at radius 1 is 0.609 bits per heavy atom. The lowest BCUT2D eigenvalue weighted by Gasteiger charge is -2.12. The Hall–Kier alpha value is -5.38. The van der Waals surface area contributed by atoms with Crippen molar-refractivity contribution in [3.63, 3.8) is 0 Å². The van der Waals surface area contributed by atoms with Gasteiger partial charge in [0.25, 0.3) is 0 Å². The lowest BCUT2D eigenvalue weighted by Crippen LogP contribution is -2.11. The van der Waals surface area contributed by atoms with Crippen LogP contribution in [0, 0.1) is 0 Å². The molecule has 46 heavy (non-hydrogen) atoms. The van der Waals surface area contributed by atoms with E-state index in [0.29, 0.717) is 61.9 Å². The topological polar surface area (TPSA) is 124 Å². The lowest BCUT2D eigenvalue weighted by atomic mass is 10.1. The maximum absolute atomic E-state index is 12.8. The van der Waals surface area contributed by atoms with E-state index in [0.717, 1.165) is 25.3 Å². The molecule has 0 N–H and O–H groups in total. The van der Waals surface area contributed by atoms with Gasteiger partial charge in [-0.05, 0) is 105 Å². The van der Waals surface area contributed by atoms with Crippen LogP contribution < -0.4 is 23.7 Å². The number of ether oxygens (including phenoxy) is 6. The van der Waals surface area contributed by atoms with Gasteiger partial charge in [-0.2, -0.15) is 0 Å². The van der Waals surface area contributed by atoms with Gasteiger partial charge in [-0.1, -0.05) is 13.2 Å². The zero-order chi connectivity index (χ0) is 33.1. The average molecular weight is 631 g/mol. The third-order valence-corrected chi connectivity index (χ3v) is 6.51. The maximum atomic E-state index is 12.8. The number of hydrogen-bond acceptors (Lipinski definition) is 10. The minimum atomic E-state index is -0.625. The number of unbranched alkanes of at least 4 members (excludes halogenated alkanes) is 3. The number of hydrogen-bond donors (Lipinski definition) is 0. The van der Waals surface area contributed by atoms with Gasteiger partial charge < -0.3 is 28.4 Å². The van der Waals surface area contributed by atoms with Crippen LogP contribution in [-0.2, 0) is 14.3 Å². The lowest BCUT2D eigenvalue weighted by molar-refractivity contribution is -0.137. The number of allylic oxidation sites excluding steroid dienone is 1. The fraction of sp³-hybridized carbons (Fsp3) is 0.278. The Morgan fingerprint density at radius 2 is 1.17 bits per heavy atom. The summed E-state index contributed by atoms with van der Waals surface area (Å²) in [7, 11) is 1.40. The van der Waals surface area contributed by atoms with Crippen LogP contribution in [-0.4, -0.2) is 50.6 Å². The van der Waals surface area contributed by atoms with Gasteiger partial charge in [0.2, 0.25) is 0 Å². The molecule has 3 aromatic rings. The van der Waals surface area contributed by atoms with Crippen molar-refractivity contribution < 1.29 is 47.6 Å². The summed E-state index contributed by atoms with van der Waals surface area (Å²) < 4.78 is 32.6. The molecule has 0 amide bonds. The molecule has 0 aliphatic rings. The molecule has 10 nitrogen and oxygen atoms in total. The summed E-state index contributed by atoms with van der Waals surface area (Å²) in [6, 6.07) is 17.5. The van der Waals surface area contributed by atoms with Crippen LogP contribution in [0.3, 0.4) is 0 Å². The first kappa shape index (κ1) is 35.1. The van der Waals surface area contributed by atoms with Crippen LogP contribution in [0.2, 0.25) is 0 Å². The number of ketones is 1. The molecular formula is C36H38O10. The van der Waals surface area contributed by atoms with Gasteiger partial charge in [0.1, 0.15) is 17.2 Å². The number of methoxy groups -OCH3 is 1. The predicted octanol–water partition coefficient (Wildman–Crippen LogP) is 6.72. The van der Waals surface area contributed by atoms with E-state index in [2.05, 4.69) is 13.2 Å². The molecule has 0 aromatic heterocycles. The highest BCUT2D eigenvalue weighted by Crippen LogP contribution is 2.30. The van der Waals surface area contributed by atoms with Crippen molar-refractivity contribution in [2.45, 2.75) is 38.5 Å². The van der Waals surface area contributed by atoms with Crippen molar-refractivity contribution in [3.05, 3.63) is 103 Å². The van der Waals surface area contributed by atoms with Gasteiger partial charge in [0.05, 0.1) is 38.1 Å². The summed E-state index contributed by atoms with van der Waals surface area (Å²) in [5, 5.41) is 0. The second kappa shape index (κ2) is 19.1. The van der Waals surface area contributed by atoms with E-state index in [9.17, 15) is 19.2 Å². The van der Waals surface area contributed by atoms with Crippen molar-refractivity contribution in [2.24, 2.45) is 0 Å². The number of rotatable bonds is 20. The SMILES string of the molecule is C=CC(=O)CCCCCOc1ccc(C(=O)Oc2ccc(C(=O)Oc3ccc(OCCCCOC(=O)C=C)cc3)cc2OC)cc1. The minimum Gasteiger partial charge on any atom is -0.494 e. The normalized spacial score (nSPS) is 10.3. The van der Waals surface area contributed by atoms with Crippen LogP contribution in [0.4, 0.5) is 0 Å². The van der Waals surface area contributed by atoms with Crippen LogP contribution in [0.1, 0.15) is 59.2 Å². The summed E-state index contributed by atoms with van der Waals surface area (Å²) in [6.45, 7) is 8.04. The molecule has 0 bridgehead atoms. The Labute approximate surface area is 268 Å².